The largest absolute Gasteiger partial charge is 0.494 e. The molecule has 2 rings (SSSR count). The number of rotatable bonds is 4. The molecule has 0 unspecified atom stereocenters. The van der Waals surface area contributed by atoms with E-state index in [2.05, 4.69) is 10.6 Å². The van der Waals surface area contributed by atoms with Gasteiger partial charge in [0.15, 0.2) is 11.6 Å². The Labute approximate surface area is 129 Å². The molecule has 1 aromatic carbocycles. The topological polar surface area (TPSA) is 70.6 Å². The minimum atomic E-state index is -0.834. The summed E-state index contributed by atoms with van der Waals surface area (Å²) in [5.41, 5.74) is -0.498. The summed E-state index contributed by atoms with van der Waals surface area (Å²) >= 11 is 0. The van der Waals surface area contributed by atoms with Crippen molar-refractivity contribution < 1.29 is 19.0 Å². The van der Waals surface area contributed by atoms with Crippen LogP contribution in [-0.4, -0.2) is 30.4 Å². The minimum absolute atomic E-state index is 0.124. The number of hydrogen-bond acceptors (Lipinski definition) is 3. The fourth-order valence-corrected chi connectivity index (χ4v) is 2.73. The Morgan fingerprint density at radius 3 is 2.59 bits per heavy atom. The van der Waals surface area contributed by atoms with Gasteiger partial charge in [0.2, 0.25) is 0 Å². The smallest absolute Gasteiger partial charge is 0.319 e. The van der Waals surface area contributed by atoms with Crippen molar-refractivity contribution in [2.24, 2.45) is 0 Å². The molecule has 2 amide bonds. The number of nitrogens with one attached hydrogen (secondary N) is 2. The fraction of sp³-hybridized carbons (Fsp3) is 0.562. The average Bonchev–Trinajstić information content (AvgIpc) is 2.71. The van der Waals surface area contributed by atoms with Crippen LogP contribution in [0.2, 0.25) is 0 Å². The molecule has 0 aliphatic heterocycles. The quantitative estimate of drug-likeness (QED) is 0.749. The zero-order valence-electron chi connectivity index (χ0n) is 12.8. The first-order valence-electron chi connectivity index (χ1n) is 7.63. The molecule has 0 heterocycles. The molecule has 1 fully saturated rings. The van der Waals surface area contributed by atoms with Gasteiger partial charge < -0.3 is 20.5 Å². The lowest BCUT2D eigenvalue weighted by Gasteiger charge is -2.26. The van der Waals surface area contributed by atoms with E-state index in [1.807, 2.05) is 0 Å². The Balaban J connectivity index is 1.86. The van der Waals surface area contributed by atoms with E-state index in [1.54, 1.807) is 6.07 Å². The number of anilines is 1. The Kier molecular flexibility index (Phi) is 5.60. The van der Waals surface area contributed by atoms with Crippen molar-refractivity contribution in [2.45, 2.75) is 44.1 Å². The van der Waals surface area contributed by atoms with E-state index in [4.69, 9.17) is 4.74 Å². The molecule has 0 atom stereocenters. The Bertz CT molecular complexity index is 514. The van der Waals surface area contributed by atoms with Gasteiger partial charge in [0.1, 0.15) is 0 Å². The molecule has 1 aliphatic rings. The van der Waals surface area contributed by atoms with Gasteiger partial charge in [-0.05, 0) is 25.0 Å². The summed E-state index contributed by atoms with van der Waals surface area (Å²) in [6, 6.07) is 3.74. The van der Waals surface area contributed by atoms with Crippen LogP contribution in [0.15, 0.2) is 18.2 Å². The number of aliphatic hydroxyl groups is 1. The van der Waals surface area contributed by atoms with E-state index in [-0.39, 0.29) is 12.3 Å². The molecule has 22 heavy (non-hydrogen) atoms. The molecule has 122 valence electrons. The lowest BCUT2D eigenvalue weighted by molar-refractivity contribution is 0.0281. The maximum absolute atomic E-state index is 13.5. The molecule has 0 saturated heterocycles. The molecule has 0 radical (unpaired) electrons. The van der Waals surface area contributed by atoms with Crippen molar-refractivity contribution in [1.29, 1.82) is 0 Å². The third-order valence-corrected chi connectivity index (χ3v) is 4.02. The maximum Gasteiger partial charge on any atom is 0.319 e. The molecule has 3 N–H and O–H groups in total. The second-order valence-electron chi connectivity index (χ2n) is 5.80. The number of carbonyl (C=O) groups is 1. The molecule has 1 saturated carbocycles. The summed E-state index contributed by atoms with van der Waals surface area (Å²) in [5.74, 6) is -0.415. The van der Waals surface area contributed by atoms with Gasteiger partial charge in [0, 0.05) is 18.3 Å². The van der Waals surface area contributed by atoms with Gasteiger partial charge >= 0.3 is 6.03 Å². The van der Waals surface area contributed by atoms with Crippen LogP contribution in [0.25, 0.3) is 0 Å². The number of carbonyl (C=O) groups excluding carboxylic acids is 1. The van der Waals surface area contributed by atoms with Crippen molar-refractivity contribution in [3.05, 3.63) is 24.0 Å². The van der Waals surface area contributed by atoms with Crippen LogP contribution >= 0.6 is 0 Å². The highest BCUT2D eigenvalue weighted by atomic mass is 19.1. The van der Waals surface area contributed by atoms with Crippen LogP contribution < -0.4 is 15.4 Å². The Morgan fingerprint density at radius 2 is 2.00 bits per heavy atom. The van der Waals surface area contributed by atoms with Gasteiger partial charge in [-0.2, -0.15) is 0 Å². The Hall–Kier alpha value is -1.82. The van der Waals surface area contributed by atoms with E-state index in [0.29, 0.717) is 18.5 Å². The van der Waals surface area contributed by atoms with Crippen LogP contribution in [-0.2, 0) is 0 Å². The molecule has 0 spiro atoms. The normalized spacial score (nSPS) is 17.4. The van der Waals surface area contributed by atoms with E-state index < -0.39 is 17.4 Å². The first-order chi connectivity index (χ1) is 10.5. The van der Waals surface area contributed by atoms with E-state index in [9.17, 15) is 14.3 Å². The highest BCUT2D eigenvalue weighted by Crippen LogP contribution is 2.26. The highest BCUT2D eigenvalue weighted by molar-refractivity contribution is 5.89. The van der Waals surface area contributed by atoms with Crippen molar-refractivity contribution >= 4 is 11.7 Å². The van der Waals surface area contributed by atoms with Crippen LogP contribution in [0.4, 0.5) is 14.9 Å². The summed E-state index contributed by atoms with van der Waals surface area (Å²) < 4.78 is 18.4. The van der Waals surface area contributed by atoms with Crippen molar-refractivity contribution in [2.75, 3.05) is 19.0 Å². The summed E-state index contributed by atoms with van der Waals surface area (Å²) in [6.45, 7) is 0.206. The first-order valence-corrected chi connectivity index (χ1v) is 7.63. The zero-order valence-corrected chi connectivity index (χ0v) is 12.8. The lowest BCUT2D eigenvalue weighted by atomic mass is 9.95. The predicted molar refractivity (Wildman–Crippen MR) is 82.6 cm³/mol. The predicted octanol–water partition coefficient (Wildman–Crippen LogP) is 3.04. The Morgan fingerprint density at radius 1 is 1.32 bits per heavy atom. The number of ether oxygens (including phenoxy) is 1. The molecule has 1 aromatic rings. The fourth-order valence-electron chi connectivity index (χ4n) is 2.73. The zero-order chi connectivity index (χ0) is 16.0. The third-order valence-electron chi connectivity index (χ3n) is 4.02. The number of amides is 2. The molecule has 0 bridgehead atoms. The van der Waals surface area contributed by atoms with Gasteiger partial charge in [0.05, 0.1) is 12.7 Å². The van der Waals surface area contributed by atoms with Gasteiger partial charge in [-0.15, -0.1) is 0 Å². The third kappa shape index (κ3) is 4.59. The van der Waals surface area contributed by atoms with Gasteiger partial charge in [0.25, 0.3) is 0 Å². The highest BCUT2D eigenvalue weighted by Gasteiger charge is 2.28. The number of hydrogen-bond donors (Lipinski definition) is 3. The summed E-state index contributed by atoms with van der Waals surface area (Å²) in [5, 5.41) is 15.7. The minimum Gasteiger partial charge on any atom is -0.494 e. The van der Waals surface area contributed by atoms with E-state index in [0.717, 1.165) is 25.7 Å². The van der Waals surface area contributed by atoms with E-state index in [1.165, 1.54) is 19.2 Å². The average molecular weight is 310 g/mol. The monoisotopic (exact) mass is 310 g/mol. The standard InChI is InChI=1S/C16H23FN2O3/c1-22-14-7-6-12(10-13(14)17)19-15(20)18-11-16(21)8-4-2-3-5-9-16/h6-7,10,21H,2-5,8-9,11H2,1H3,(H2,18,19,20). The van der Waals surface area contributed by atoms with Crippen LogP contribution in [0, 0.1) is 5.82 Å². The molecule has 1 aliphatic carbocycles. The first kappa shape index (κ1) is 16.5. The van der Waals surface area contributed by atoms with Crippen LogP contribution in [0.1, 0.15) is 38.5 Å². The molecular weight excluding hydrogens is 287 g/mol. The molecular formula is C16H23FN2O3. The molecule has 0 aromatic heterocycles. The number of urea groups is 1. The van der Waals surface area contributed by atoms with Crippen molar-refractivity contribution in [3.8, 4) is 5.75 Å². The van der Waals surface area contributed by atoms with Gasteiger partial charge in [-0.25, -0.2) is 9.18 Å². The van der Waals surface area contributed by atoms with Crippen molar-refractivity contribution in [1.82, 2.24) is 5.32 Å². The second kappa shape index (κ2) is 7.45. The van der Waals surface area contributed by atoms with Crippen LogP contribution in [0.5, 0.6) is 5.75 Å². The summed E-state index contributed by atoms with van der Waals surface area (Å²) in [7, 11) is 1.38. The number of halogens is 1. The summed E-state index contributed by atoms with van der Waals surface area (Å²) in [4.78, 5) is 11.9. The number of methoxy groups -OCH3 is 1. The lowest BCUT2D eigenvalue weighted by Crippen LogP contribution is -2.44. The summed E-state index contributed by atoms with van der Waals surface area (Å²) in [6.07, 6.45) is 5.60. The van der Waals surface area contributed by atoms with Gasteiger partial charge in [-0.1, -0.05) is 25.7 Å². The SMILES string of the molecule is COc1ccc(NC(=O)NCC2(O)CCCCCC2)cc1F. The van der Waals surface area contributed by atoms with Gasteiger partial charge in [-0.3, -0.25) is 0 Å². The van der Waals surface area contributed by atoms with E-state index >= 15 is 0 Å². The molecule has 6 heteroatoms. The number of benzene rings is 1. The molecule has 5 nitrogen and oxygen atoms in total. The van der Waals surface area contributed by atoms with Crippen molar-refractivity contribution in [3.63, 3.8) is 0 Å². The maximum atomic E-state index is 13.5. The van der Waals surface area contributed by atoms with Crippen LogP contribution in [0.3, 0.4) is 0 Å². The second-order valence-corrected chi connectivity index (χ2v) is 5.80.